The molecule has 0 aliphatic carbocycles. The molecule has 4 heteroatoms. The minimum absolute atomic E-state index is 0.0400. The number of benzene rings is 1. The number of carbonyl (C=O) groups is 1. The molecular weight excluding hydrogens is 248 g/mol. The zero-order valence-electron chi connectivity index (χ0n) is 11.5. The van der Waals surface area contributed by atoms with Crippen LogP contribution in [0.4, 0.5) is 0 Å². The van der Waals surface area contributed by atoms with Crippen LogP contribution in [0.1, 0.15) is 20.8 Å². The van der Waals surface area contributed by atoms with E-state index >= 15 is 0 Å². The number of hydrogen-bond donors (Lipinski definition) is 0. The monoisotopic (exact) mass is 268 g/mol. The van der Waals surface area contributed by atoms with Gasteiger partial charge in [-0.3, -0.25) is 4.79 Å². The Morgan fingerprint density at radius 3 is 1.94 bits per heavy atom. The van der Waals surface area contributed by atoms with Gasteiger partial charge in [-0.25, -0.2) is 0 Å². The second-order valence-electron chi connectivity index (χ2n) is 4.44. The summed E-state index contributed by atoms with van der Waals surface area (Å²) in [7, 11) is 3.24. The van der Waals surface area contributed by atoms with Crippen molar-refractivity contribution >= 4 is 17.5 Å². The summed E-state index contributed by atoms with van der Waals surface area (Å²) in [6.45, 7) is 5.74. The minimum Gasteiger partial charge on any atom is -0.497 e. The van der Waals surface area contributed by atoms with E-state index in [4.69, 9.17) is 9.47 Å². The van der Waals surface area contributed by atoms with E-state index < -0.39 is 0 Å². The van der Waals surface area contributed by atoms with E-state index in [-0.39, 0.29) is 11.0 Å². The van der Waals surface area contributed by atoms with Crippen molar-refractivity contribution in [3.05, 3.63) is 18.2 Å². The summed E-state index contributed by atoms with van der Waals surface area (Å²) in [4.78, 5) is 12.6. The molecule has 0 saturated carbocycles. The van der Waals surface area contributed by atoms with Crippen molar-refractivity contribution in [2.45, 2.75) is 30.9 Å². The van der Waals surface area contributed by atoms with Crippen LogP contribution < -0.4 is 9.47 Å². The largest absolute Gasteiger partial charge is 0.497 e. The van der Waals surface area contributed by atoms with E-state index in [1.165, 1.54) is 0 Å². The standard InChI is InChI=1S/C14H20O3S/c1-9(2)14(10(3)15)18-13-7-11(16-4)6-12(8-13)17-5/h6-9,14H,1-5H3. The highest BCUT2D eigenvalue weighted by molar-refractivity contribution is 8.00. The number of thioether (sulfide) groups is 1. The third-order valence-electron chi connectivity index (χ3n) is 2.59. The van der Waals surface area contributed by atoms with Gasteiger partial charge in [0.15, 0.2) is 0 Å². The summed E-state index contributed by atoms with van der Waals surface area (Å²) in [6, 6.07) is 5.67. The lowest BCUT2D eigenvalue weighted by Gasteiger charge is -2.18. The molecule has 1 unspecified atom stereocenters. The topological polar surface area (TPSA) is 35.5 Å². The Balaban J connectivity index is 2.98. The van der Waals surface area contributed by atoms with Gasteiger partial charge in [0.05, 0.1) is 19.5 Å². The smallest absolute Gasteiger partial charge is 0.143 e. The lowest BCUT2D eigenvalue weighted by molar-refractivity contribution is -0.117. The van der Waals surface area contributed by atoms with Gasteiger partial charge in [-0.2, -0.15) is 0 Å². The Hall–Kier alpha value is -1.16. The predicted molar refractivity (Wildman–Crippen MR) is 74.7 cm³/mol. The third kappa shape index (κ3) is 3.95. The maximum Gasteiger partial charge on any atom is 0.143 e. The highest BCUT2D eigenvalue weighted by atomic mass is 32.2. The molecule has 100 valence electrons. The molecule has 0 amide bonds. The number of methoxy groups -OCH3 is 2. The van der Waals surface area contributed by atoms with Gasteiger partial charge < -0.3 is 9.47 Å². The van der Waals surface area contributed by atoms with Crippen molar-refractivity contribution in [1.29, 1.82) is 0 Å². The average Bonchev–Trinajstić information content (AvgIpc) is 2.34. The van der Waals surface area contributed by atoms with E-state index in [1.807, 2.05) is 18.2 Å². The minimum atomic E-state index is -0.0400. The second kappa shape index (κ2) is 6.69. The van der Waals surface area contributed by atoms with Gasteiger partial charge in [-0.1, -0.05) is 13.8 Å². The first-order valence-corrected chi connectivity index (χ1v) is 6.76. The fraction of sp³-hybridized carbons (Fsp3) is 0.500. The molecule has 0 saturated heterocycles. The SMILES string of the molecule is COc1cc(OC)cc(SC(C(C)=O)C(C)C)c1. The quantitative estimate of drug-likeness (QED) is 0.741. The van der Waals surface area contributed by atoms with Gasteiger partial charge in [0.1, 0.15) is 17.3 Å². The molecule has 1 aromatic rings. The fourth-order valence-corrected chi connectivity index (χ4v) is 2.78. The second-order valence-corrected chi connectivity index (χ2v) is 5.66. The van der Waals surface area contributed by atoms with Crippen LogP contribution >= 0.6 is 11.8 Å². The summed E-state index contributed by atoms with van der Waals surface area (Å²) >= 11 is 1.55. The van der Waals surface area contributed by atoms with Crippen molar-refractivity contribution in [1.82, 2.24) is 0 Å². The molecule has 1 aromatic carbocycles. The normalized spacial score (nSPS) is 12.3. The van der Waals surface area contributed by atoms with Crippen molar-refractivity contribution < 1.29 is 14.3 Å². The third-order valence-corrected chi connectivity index (χ3v) is 4.23. The molecule has 1 atom stereocenters. The molecule has 0 N–H and O–H groups in total. The van der Waals surface area contributed by atoms with Gasteiger partial charge in [-0.05, 0) is 25.0 Å². The molecule has 0 radical (unpaired) electrons. The summed E-state index contributed by atoms with van der Waals surface area (Å²) in [5, 5.41) is -0.0400. The molecule has 0 spiro atoms. The van der Waals surface area contributed by atoms with Crippen molar-refractivity contribution in [3.63, 3.8) is 0 Å². The Labute approximate surface area is 113 Å². The van der Waals surface area contributed by atoms with E-state index in [2.05, 4.69) is 13.8 Å². The molecule has 3 nitrogen and oxygen atoms in total. The Bertz CT molecular complexity index is 393. The van der Waals surface area contributed by atoms with Crippen LogP contribution in [0.5, 0.6) is 11.5 Å². The first-order valence-electron chi connectivity index (χ1n) is 5.88. The lowest BCUT2D eigenvalue weighted by atomic mass is 10.1. The van der Waals surface area contributed by atoms with Gasteiger partial charge in [0, 0.05) is 11.0 Å². The molecule has 1 rings (SSSR count). The number of Topliss-reactive ketones (excluding diaryl/α,β-unsaturated/α-hetero) is 1. The average molecular weight is 268 g/mol. The number of hydrogen-bond acceptors (Lipinski definition) is 4. The first kappa shape index (κ1) is 14.9. The number of ether oxygens (including phenoxy) is 2. The molecule has 0 aromatic heterocycles. The van der Waals surface area contributed by atoms with E-state index in [9.17, 15) is 4.79 Å². The number of rotatable bonds is 6. The van der Waals surface area contributed by atoms with Crippen LogP contribution in [-0.4, -0.2) is 25.3 Å². The van der Waals surface area contributed by atoms with E-state index in [1.54, 1.807) is 32.9 Å². The van der Waals surface area contributed by atoms with Gasteiger partial charge in [0.25, 0.3) is 0 Å². The molecule has 0 bridgehead atoms. The van der Waals surface area contributed by atoms with Gasteiger partial charge >= 0.3 is 0 Å². The van der Waals surface area contributed by atoms with Gasteiger partial charge in [0.2, 0.25) is 0 Å². The molecule has 0 heterocycles. The number of ketones is 1. The Morgan fingerprint density at radius 1 is 1.11 bits per heavy atom. The van der Waals surface area contributed by atoms with Crippen molar-refractivity contribution in [2.24, 2.45) is 5.92 Å². The predicted octanol–water partition coefficient (Wildman–Crippen LogP) is 3.41. The van der Waals surface area contributed by atoms with Crippen LogP contribution in [0.3, 0.4) is 0 Å². The summed E-state index contributed by atoms with van der Waals surface area (Å²) < 4.78 is 10.4. The highest BCUT2D eigenvalue weighted by Crippen LogP contribution is 2.34. The molecule has 0 fully saturated rings. The van der Waals surface area contributed by atoms with Crippen LogP contribution in [0.25, 0.3) is 0 Å². The van der Waals surface area contributed by atoms with Gasteiger partial charge in [-0.15, -0.1) is 11.8 Å². The molecular formula is C14H20O3S. The Morgan fingerprint density at radius 2 is 1.61 bits per heavy atom. The molecule has 18 heavy (non-hydrogen) atoms. The zero-order chi connectivity index (χ0) is 13.7. The summed E-state index contributed by atoms with van der Waals surface area (Å²) in [6.07, 6.45) is 0. The summed E-state index contributed by atoms with van der Waals surface area (Å²) in [5.74, 6) is 1.97. The van der Waals surface area contributed by atoms with Crippen LogP contribution in [0.15, 0.2) is 23.1 Å². The molecule has 0 aliphatic heterocycles. The zero-order valence-corrected chi connectivity index (χ0v) is 12.3. The van der Waals surface area contributed by atoms with E-state index in [0.717, 1.165) is 16.4 Å². The highest BCUT2D eigenvalue weighted by Gasteiger charge is 2.20. The summed E-state index contributed by atoms with van der Waals surface area (Å²) in [5.41, 5.74) is 0. The first-order chi connectivity index (χ1) is 8.47. The lowest BCUT2D eigenvalue weighted by Crippen LogP contribution is -2.20. The van der Waals surface area contributed by atoms with Crippen LogP contribution in [0.2, 0.25) is 0 Å². The van der Waals surface area contributed by atoms with E-state index in [0.29, 0.717) is 5.92 Å². The van der Waals surface area contributed by atoms with Crippen molar-refractivity contribution in [3.8, 4) is 11.5 Å². The van der Waals surface area contributed by atoms with Crippen LogP contribution in [-0.2, 0) is 4.79 Å². The number of carbonyl (C=O) groups excluding carboxylic acids is 1. The molecule has 0 aliphatic rings. The van der Waals surface area contributed by atoms with Crippen molar-refractivity contribution in [2.75, 3.05) is 14.2 Å². The maximum absolute atomic E-state index is 11.6. The maximum atomic E-state index is 11.6. The Kier molecular flexibility index (Phi) is 5.54. The fourth-order valence-electron chi connectivity index (χ4n) is 1.68. The van der Waals surface area contributed by atoms with Crippen LogP contribution in [0, 0.1) is 5.92 Å².